The molecule has 0 aromatic carbocycles. The van der Waals surface area contributed by atoms with E-state index in [-0.39, 0.29) is 25.7 Å². The fraction of sp³-hybridized carbons (Fsp3) is 0.909. The zero-order valence-corrected chi connectivity index (χ0v) is 13.1. The fourth-order valence-corrected chi connectivity index (χ4v) is 2.47. The zero-order chi connectivity index (χ0) is 17.8. The maximum Gasteiger partial charge on any atom is 0.424 e. The highest BCUT2D eigenvalue weighted by Crippen LogP contribution is 2.23. The standard InChI is InChI=1S/C11H19N11O2/c12-19-16-6-11(7-17-20-13,8-18-21-14)24-10(23)22(15)9-4-2-1-3-5-9/h9H,1-8,15H2. The summed E-state index contributed by atoms with van der Waals surface area (Å²) in [4.78, 5) is 20.1. The van der Waals surface area contributed by atoms with Crippen molar-refractivity contribution in [2.24, 2.45) is 21.2 Å². The number of hydrogen-bond donors (Lipinski definition) is 1. The Morgan fingerprint density at radius 3 is 1.92 bits per heavy atom. The highest BCUT2D eigenvalue weighted by Gasteiger charge is 2.36. The molecule has 1 saturated carbocycles. The van der Waals surface area contributed by atoms with Crippen molar-refractivity contribution in [2.45, 2.75) is 43.7 Å². The average molecular weight is 337 g/mol. The molecule has 1 aliphatic carbocycles. The van der Waals surface area contributed by atoms with Crippen LogP contribution in [-0.2, 0) is 4.74 Å². The van der Waals surface area contributed by atoms with Crippen molar-refractivity contribution in [3.05, 3.63) is 31.3 Å². The molecule has 1 amide bonds. The van der Waals surface area contributed by atoms with E-state index in [2.05, 4.69) is 30.1 Å². The summed E-state index contributed by atoms with van der Waals surface area (Å²) < 4.78 is 5.33. The van der Waals surface area contributed by atoms with Crippen LogP contribution in [0.5, 0.6) is 0 Å². The number of rotatable bonds is 8. The Labute approximate surface area is 137 Å². The van der Waals surface area contributed by atoms with E-state index in [0.29, 0.717) is 0 Å². The predicted octanol–water partition coefficient (Wildman–Crippen LogP) is 3.30. The van der Waals surface area contributed by atoms with Crippen LogP contribution in [-0.4, -0.2) is 42.4 Å². The van der Waals surface area contributed by atoms with E-state index in [4.69, 9.17) is 27.2 Å². The first-order valence-electron chi connectivity index (χ1n) is 7.38. The Kier molecular flexibility index (Phi) is 8.03. The molecule has 0 unspecified atom stereocenters. The molecule has 0 aliphatic heterocycles. The van der Waals surface area contributed by atoms with Crippen molar-refractivity contribution >= 4 is 6.09 Å². The SMILES string of the molecule is [N-]=[N+]=NCC(CN=[N+]=[N-])(CN=[N+]=[N-])OC(=O)N(N)C1CCCCC1. The average Bonchev–Trinajstić information content (AvgIpc) is 2.62. The Bertz CT molecular complexity index is 518. The minimum absolute atomic E-state index is 0.151. The lowest BCUT2D eigenvalue weighted by Gasteiger charge is -2.35. The summed E-state index contributed by atoms with van der Waals surface area (Å²) in [5.41, 5.74) is 23.9. The highest BCUT2D eigenvalue weighted by molar-refractivity contribution is 5.68. The molecule has 0 aromatic heterocycles. The molecule has 1 rings (SSSR count). The Balaban J connectivity index is 2.93. The van der Waals surface area contributed by atoms with Gasteiger partial charge in [-0.25, -0.2) is 15.6 Å². The van der Waals surface area contributed by atoms with Crippen LogP contribution >= 0.6 is 0 Å². The van der Waals surface area contributed by atoms with Crippen LogP contribution < -0.4 is 5.84 Å². The first-order chi connectivity index (χ1) is 11.6. The fourth-order valence-electron chi connectivity index (χ4n) is 2.47. The number of amides is 1. The second-order valence-electron chi connectivity index (χ2n) is 5.42. The molecule has 0 atom stereocenters. The number of ether oxygens (including phenoxy) is 1. The van der Waals surface area contributed by atoms with E-state index in [9.17, 15) is 4.79 Å². The third kappa shape index (κ3) is 5.75. The van der Waals surface area contributed by atoms with Gasteiger partial charge >= 0.3 is 6.09 Å². The molecule has 0 heterocycles. The monoisotopic (exact) mass is 337 g/mol. The summed E-state index contributed by atoms with van der Waals surface area (Å²) in [6.07, 6.45) is 3.70. The normalized spacial score (nSPS) is 16.5. The van der Waals surface area contributed by atoms with Gasteiger partial charge in [0.05, 0.1) is 25.7 Å². The molecule has 13 nitrogen and oxygen atoms in total. The van der Waals surface area contributed by atoms with Crippen molar-refractivity contribution in [1.82, 2.24) is 5.01 Å². The zero-order valence-electron chi connectivity index (χ0n) is 13.1. The molecule has 0 bridgehead atoms. The van der Waals surface area contributed by atoms with E-state index < -0.39 is 11.7 Å². The summed E-state index contributed by atoms with van der Waals surface area (Å²) in [5.74, 6) is 5.83. The van der Waals surface area contributed by atoms with E-state index in [1.807, 2.05) is 0 Å². The van der Waals surface area contributed by atoms with Gasteiger partial charge in [0.1, 0.15) is 5.60 Å². The van der Waals surface area contributed by atoms with Crippen molar-refractivity contribution in [2.75, 3.05) is 19.6 Å². The number of nitrogens with zero attached hydrogens (tertiary/aromatic N) is 10. The number of hydrogen-bond acceptors (Lipinski definition) is 6. The van der Waals surface area contributed by atoms with E-state index >= 15 is 0 Å². The van der Waals surface area contributed by atoms with Crippen molar-refractivity contribution in [1.29, 1.82) is 0 Å². The largest absolute Gasteiger partial charge is 0.441 e. The van der Waals surface area contributed by atoms with Gasteiger partial charge in [-0.1, -0.05) is 34.6 Å². The molecule has 0 saturated heterocycles. The van der Waals surface area contributed by atoms with Crippen LogP contribution in [0.1, 0.15) is 32.1 Å². The quantitative estimate of drug-likeness (QED) is 0.177. The van der Waals surface area contributed by atoms with Gasteiger partial charge in [0.2, 0.25) is 0 Å². The second-order valence-corrected chi connectivity index (χ2v) is 5.42. The summed E-state index contributed by atoms with van der Waals surface area (Å²) in [5, 5.41) is 11.1. The van der Waals surface area contributed by atoms with Crippen LogP contribution in [0.2, 0.25) is 0 Å². The number of carbonyl (C=O) groups is 1. The van der Waals surface area contributed by atoms with Gasteiger partial charge in [0, 0.05) is 14.7 Å². The van der Waals surface area contributed by atoms with Crippen LogP contribution in [0.25, 0.3) is 31.3 Å². The summed E-state index contributed by atoms with van der Waals surface area (Å²) in [6, 6.07) is -0.151. The minimum atomic E-state index is -1.58. The number of hydrazine groups is 1. The lowest BCUT2D eigenvalue weighted by molar-refractivity contribution is -0.00391. The molecule has 13 heteroatoms. The number of nitrogens with two attached hydrogens (primary N) is 1. The molecule has 0 radical (unpaired) electrons. The van der Waals surface area contributed by atoms with E-state index in [1.54, 1.807) is 0 Å². The Morgan fingerprint density at radius 2 is 1.50 bits per heavy atom. The maximum absolute atomic E-state index is 12.3. The highest BCUT2D eigenvalue weighted by atomic mass is 16.6. The summed E-state index contributed by atoms with van der Waals surface area (Å²) >= 11 is 0. The maximum atomic E-state index is 12.3. The third-order valence-electron chi connectivity index (χ3n) is 3.75. The molecular weight excluding hydrogens is 318 g/mol. The van der Waals surface area contributed by atoms with Crippen LogP contribution in [0.15, 0.2) is 15.3 Å². The van der Waals surface area contributed by atoms with E-state index in [1.165, 1.54) is 0 Å². The number of carbonyl (C=O) groups excluding carboxylic acids is 1. The number of azide groups is 3. The summed E-state index contributed by atoms with van der Waals surface area (Å²) in [7, 11) is 0. The van der Waals surface area contributed by atoms with Crippen molar-refractivity contribution in [3.8, 4) is 0 Å². The van der Waals surface area contributed by atoms with Gasteiger partial charge in [-0.15, -0.1) is 0 Å². The Morgan fingerprint density at radius 1 is 1.04 bits per heavy atom. The molecule has 2 N–H and O–H groups in total. The lowest BCUT2D eigenvalue weighted by Crippen LogP contribution is -2.53. The molecule has 24 heavy (non-hydrogen) atoms. The first-order valence-corrected chi connectivity index (χ1v) is 7.38. The third-order valence-corrected chi connectivity index (χ3v) is 3.75. The van der Waals surface area contributed by atoms with Crippen LogP contribution in [0.3, 0.4) is 0 Å². The van der Waals surface area contributed by atoms with Gasteiger partial charge in [0.15, 0.2) is 0 Å². The molecule has 0 spiro atoms. The van der Waals surface area contributed by atoms with Crippen LogP contribution in [0.4, 0.5) is 4.79 Å². The predicted molar refractivity (Wildman–Crippen MR) is 84.2 cm³/mol. The van der Waals surface area contributed by atoms with Gasteiger partial charge in [0.25, 0.3) is 0 Å². The topological polar surface area (TPSA) is 202 Å². The Hall–Kier alpha value is -2.84. The van der Waals surface area contributed by atoms with E-state index in [0.717, 1.165) is 37.1 Å². The molecule has 0 aromatic rings. The van der Waals surface area contributed by atoms with Crippen molar-refractivity contribution < 1.29 is 9.53 Å². The second kappa shape index (κ2) is 10.0. The van der Waals surface area contributed by atoms with Gasteiger partial charge in [-0.3, -0.25) is 0 Å². The van der Waals surface area contributed by atoms with Gasteiger partial charge < -0.3 is 4.74 Å². The smallest absolute Gasteiger partial charge is 0.424 e. The van der Waals surface area contributed by atoms with Gasteiger partial charge in [-0.2, -0.15) is 0 Å². The van der Waals surface area contributed by atoms with Crippen LogP contribution in [0, 0.1) is 0 Å². The first kappa shape index (κ1) is 19.2. The molecule has 130 valence electrons. The minimum Gasteiger partial charge on any atom is -0.441 e. The molecular formula is C11H19N11O2. The summed E-state index contributed by atoms with van der Waals surface area (Å²) in [6.45, 7) is -1.07. The lowest BCUT2D eigenvalue weighted by atomic mass is 9.95. The van der Waals surface area contributed by atoms with Gasteiger partial charge in [-0.05, 0) is 29.4 Å². The van der Waals surface area contributed by atoms with Crippen molar-refractivity contribution in [3.63, 3.8) is 0 Å². The molecule has 1 fully saturated rings. The molecule has 1 aliphatic rings.